The lowest BCUT2D eigenvalue weighted by Crippen LogP contribution is -2.28. The number of nitrogens with zero attached hydrogens (tertiary/aromatic N) is 3. The van der Waals surface area contributed by atoms with Gasteiger partial charge in [0.25, 0.3) is 0 Å². The van der Waals surface area contributed by atoms with Crippen LogP contribution in [-0.2, 0) is 27.6 Å². The van der Waals surface area contributed by atoms with E-state index in [0.29, 0.717) is 5.52 Å². The Morgan fingerprint density at radius 3 is 2.62 bits per heavy atom. The summed E-state index contributed by atoms with van der Waals surface area (Å²) >= 11 is -1.45. The molecule has 34 heavy (non-hydrogen) atoms. The number of sulfone groups is 1. The third-order valence-corrected chi connectivity index (χ3v) is 8.38. The lowest BCUT2D eigenvalue weighted by Gasteiger charge is -2.14. The van der Waals surface area contributed by atoms with E-state index in [1.165, 1.54) is 0 Å². The lowest BCUT2D eigenvalue weighted by atomic mass is 10.1. The van der Waals surface area contributed by atoms with Crippen LogP contribution >= 0.6 is 11.3 Å². The quantitative estimate of drug-likeness (QED) is 0.255. The van der Waals surface area contributed by atoms with Crippen LogP contribution in [-0.4, -0.2) is 61.0 Å². The van der Waals surface area contributed by atoms with Gasteiger partial charge in [-0.05, 0) is 23.3 Å². The topological polar surface area (TPSA) is 179 Å². The Bertz CT molecular complexity index is 1410. The zero-order chi connectivity index (χ0) is 24.3. The predicted octanol–water partition coefficient (Wildman–Crippen LogP) is 1.09. The smallest absolute Gasteiger partial charge is 0.241 e. The fourth-order valence-corrected chi connectivity index (χ4v) is 6.66. The van der Waals surface area contributed by atoms with Crippen molar-refractivity contribution in [3.05, 3.63) is 65.3 Å². The molecule has 2 aromatic heterocycles. The van der Waals surface area contributed by atoms with Crippen LogP contribution in [0.25, 0.3) is 21.3 Å². The molecule has 0 saturated carbocycles. The highest BCUT2D eigenvalue weighted by molar-refractivity contribution is 7.92. The van der Waals surface area contributed by atoms with E-state index in [1.54, 1.807) is 6.07 Å². The molecule has 0 radical (unpaired) electrons. The fraction of sp³-hybridized carbons (Fsp3) is 0.250. The van der Waals surface area contributed by atoms with Crippen molar-refractivity contribution in [3.8, 4) is 11.1 Å². The molecule has 4 rings (SSSR count). The molecule has 0 aliphatic carbocycles. The molecule has 3 unspecified atom stereocenters. The number of fused-ring (bicyclic) bond motifs is 1. The highest BCUT2D eigenvalue weighted by Gasteiger charge is 2.38. The van der Waals surface area contributed by atoms with Crippen molar-refractivity contribution in [3.63, 3.8) is 0 Å². The summed E-state index contributed by atoms with van der Waals surface area (Å²) in [5, 5.41) is 25.1. The summed E-state index contributed by atoms with van der Waals surface area (Å²) in [7, 11) is -4.17. The first-order chi connectivity index (χ1) is 16.3. The Balaban J connectivity index is 1.76. The minimum atomic E-state index is -4.17. The molecule has 3 atom stereocenters. The van der Waals surface area contributed by atoms with Crippen LogP contribution in [0.1, 0.15) is 22.0 Å². The Morgan fingerprint density at radius 1 is 1.15 bits per heavy atom. The molecule has 0 fully saturated rings. The van der Waals surface area contributed by atoms with Crippen LogP contribution in [0.2, 0.25) is 0 Å². The number of rotatable bonds is 10. The summed E-state index contributed by atoms with van der Waals surface area (Å²) in [6.07, 6.45) is -1.52. The van der Waals surface area contributed by atoms with E-state index >= 15 is 0 Å². The molecule has 4 aromatic rings. The second-order valence-corrected chi connectivity index (χ2v) is 11.2. The molecule has 3 N–H and O–H groups in total. The zero-order valence-corrected chi connectivity index (χ0v) is 19.8. The predicted molar refractivity (Wildman–Crippen MR) is 124 cm³/mol. The van der Waals surface area contributed by atoms with Crippen LogP contribution in [0.15, 0.2) is 52.9 Å². The van der Waals surface area contributed by atoms with Gasteiger partial charge in [0.2, 0.25) is 11.8 Å². The second kappa shape index (κ2) is 10.4. The van der Waals surface area contributed by atoms with E-state index in [0.717, 1.165) is 27.2 Å². The Hall–Kier alpha value is -2.59. The second-order valence-electron chi connectivity index (χ2n) is 7.24. The highest BCUT2D eigenvalue weighted by Crippen LogP contribution is 2.37. The molecule has 2 aromatic carbocycles. The third kappa shape index (κ3) is 5.55. The van der Waals surface area contributed by atoms with E-state index in [9.17, 15) is 22.3 Å². The maximum atomic E-state index is 13.2. The first-order valence-electron chi connectivity index (χ1n) is 9.88. The molecule has 0 aliphatic heterocycles. The molecule has 11 nitrogen and oxygen atoms in total. The minimum absolute atomic E-state index is 0.140. The normalized spacial score (nSPS) is 14.8. The monoisotopic (exact) mass is 523 g/mol. The van der Waals surface area contributed by atoms with E-state index in [4.69, 9.17) is 9.52 Å². The summed E-state index contributed by atoms with van der Waals surface area (Å²) in [6.45, 7) is -1.07. The van der Waals surface area contributed by atoms with Gasteiger partial charge in [-0.2, -0.15) is 0 Å². The van der Waals surface area contributed by atoms with E-state index in [2.05, 4.69) is 19.9 Å². The molecule has 0 saturated heterocycles. The summed E-state index contributed by atoms with van der Waals surface area (Å²) in [5.41, 5.74) is 2.47. The van der Waals surface area contributed by atoms with E-state index in [-0.39, 0.29) is 23.3 Å². The summed E-state index contributed by atoms with van der Waals surface area (Å²) in [6, 6.07) is 15.2. The molecule has 0 bridgehead atoms. The first kappa shape index (κ1) is 24.5. The number of hydrogen-bond donors (Lipinski definition) is 3. The van der Waals surface area contributed by atoms with Crippen LogP contribution in [0.4, 0.5) is 0 Å². The Kier molecular flexibility index (Phi) is 7.47. The molecule has 14 heteroatoms. The zero-order valence-electron chi connectivity index (χ0n) is 17.4. The van der Waals surface area contributed by atoms with Gasteiger partial charge in [-0.25, -0.2) is 18.1 Å². The molecular formula is C20H19N4O7S3-. The van der Waals surface area contributed by atoms with Gasteiger partial charge in [0.1, 0.15) is 5.01 Å². The SMILES string of the molecule is O=S([O-])NCc1nnc(C(c2nc3ccc(-c4ccccc4)cc3s2)S(=O)(=O)CC(O)CO)o1. The summed E-state index contributed by atoms with van der Waals surface area (Å²) < 4.78 is 56.0. The summed E-state index contributed by atoms with van der Waals surface area (Å²) in [4.78, 5) is 4.46. The maximum Gasteiger partial charge on any atom is 0.241 e. The van der Waals surface area contributed by atoms with Crippen molar-refractivity contribution in [1.29, 1.82) is 0 Å². The fourth-order valence-electron chi connectivity index (χ4n) is 3.26. The standard InChI is InChI=1S/C20H20N4O7S3/c25-10-14(26)11-34(29,30)18(19-24-23-17(31-19)9-21-33(27)28)20-22-15-7-6-13(8-16(15)32-20)12-4-2-1-3-5-12/h1-8,14,18,21,25-26H,9-11H2,(H,27,28)/p-1. The molecule has 0 amide bonds. The number of benzene rings is 2. The van der Waals surface area contributed by atoms with Gasteiger partial charge < -0.3 is 19.2 Å². The first-order valence-corrected chi connectivity index (χ1v) is 13.5. The van der Waals surface area contributed by atoms with Crippen molar-refractivity contribution < 1.29 is 31.8 Å². The van der Waals surface area contributed by atoms with E-state index < -0.39 is 44.8 Å². The molecule has 0 spiro atoms. The summed E-state index contributed by atoms with van der Waals surface area (Å²) in [5.74, 6) is -1.23. The van der Waals surface area contributed by atoms with Gasteiger partial charge in [-0.3, -0.25) is 4.21 Å². The van der Waals surface area contributed by atoms with Gasteiger partial charge in [0, 0.05) is 11.3 Å². The van der Waals surface area contributed by atoms with Crippen molar-refractivity contribution in [2.75, 3.05) is 12.4 Å². The van der Waals surface area contributed by atoms with Crippen molar-refractivity contribution in [2.45, 2.75) is 17.9 Å². The van der Waals surface area contributed by atoms with Gasteiger partial charge in [0.15, 0.2) is 15.1 Å². The molecule has 0 aliphatic rings. The highest BCUT2D eigenvalue weighted by atomic mass is 32.2. The largest absolute Gasteiger partial charge is 0.760 e. The van der Waals surface area contributed by atoms with Crippen LogP contribution < -0.4 is 4.72 Å². The number of aliphatic hydroxyl groups excluding tert-OH is 2. The molecular weight excluding hydrogens is 504 g/mol. The molecule has 2 heterocycles. The Labute approximate surface area is 200 Å². The van der Waals surface area contributed by atoms with Gasteiger partial charge >= 0.3 is 0 Å². The average Bonchev–Trinajstić information content (AvgIpc) is 3.44. The van der Waals surface area contributed by atoms with Gasteiger partial charge in [-0.15, -0.1) is 21.5 Å². The number of aromatic nitrogens is 3. The van der Waals surface area contributed by atoms with Crippen molar-refractivity contribution in [2.24, 2.45) is 0 Å². The van der Waals surface area contributed by atoms with Crippen LogP contribution in [0.3, 0.4) is 0 Å². The molecule has 180 valence electrons. The van der Waals surface area contributed by atoms with Crippen LogP contribution in [0.5, 0.6) is 0 Å². The number of aliphatic hydroxyl groups is 2. The lowest BCUT2D eigenvalue weighted by molar-refractivity contribution is 0.112. The third-order valence-electron chi connectivity index (χ3n) is 4.78. The number of nitrogens with one attached hydrogen (secondary N) is 1. The Morgan fingerprint density at radius 2 is 1.91 bits per heavy atom. The average molecular weight is 524 g/mol. The van der Waals surface area contributed by atoms with Crippen LogP contribution in [0, 0.1) is 0 Å². The van der Waals surface area contributed by atoms with Crippen molar-refractivity contribution in [1.82, 2.24) is 19.9 Å². The minimum Gasteiger partial charge on any atom is -0.760 e. The maximum absolute atomic E-state index is 13.2. The van der Waals surface area contributed by atoms with E-state index in [1.807, 2.05) is 42.5 Å². The van der Waals surface area contributed by atoms with Gasteiger partial charge in [0.05, 0.1) is 35.2 Å². The van der Waals surface area contributed by atoms with Crippen molar-refractivity contribution >= 4 is 42.7 Å². The van der Waals surface area contributed by atoms with Gasteiger partial charge in [-0.1, -0.05) is 36.4 Å². The number of thiazole rings is 1. The number of hydrogen-bond acceptors (Lipinski definition) is 11.